The normalized spacial score (nSPS) is 16.6. The van der Waals surface area contributed by atoms with Gasteiger partial charge in [0.1, 0.15) is 0 Å². The first-order chi connectivity index (χ1) is 5.93. The molecule has 0 aliphatic heterocycles. The highest BCUT2D eigenvalue weighted by Gasteiger charge is 2.10. The number of hydrogen-bond donors (Lipinski definition) is 1. The molecule has 80 valence electrons. The lowest BCUT2D eigenvalue weighted by atomic mass is 9.97. The topological polar surface area (TPSA) is 4.44 Å². The summed E-state index contributed by atoms with van der Waals surface area (Å²) in [6.45, 7) is 13.9. The molecule has 0 heterocycles. The summed E-state index contributed by atoms with van der Waals surface area (Å²) in [5.41, 5.74) is 0. The van der Waals surface area contributed by atoms with E-state index < -0.39 is 0 Å². The number of hydrogen-bond acceptors (Lipinski definition) is 0. The zero-order valence-corrected chi connectivity index (χ0v) is 10.1. The molecule has 0 rings (SSSR count). The van der Waals surface area contributed by atoms with Gasteiger partial charge in [0.05, 0.1) is 13.1 Å². The SMILES string of the molecule is [CH2-][NH+](CCC(C)C)CC(C)C(C)C. The molecule has 1 heteroatoms. The Bertz CT molecular complexity index is 118. The standard InChI is InChI=1S/C12H27N/c1-10(2)7-8-13(6)9-12(5)11(3)4/h10-13H,6-9H2,1-5H3. The van der Waals surface area contributed by atoms with Gasteiger partial charge in [-0.1, -0.05) is 34.6 Å². The molecule has 0 saturated heterocycles. The molecule has 0 fully saturated rings. The van der Waals surface area contributed by atoms with E-state index in [-0.39, 0.29) is 0 Å². The highest BCUT2D eigenvalue weighted by atomic mass is 15.1. The van der Waals surface area contributed by atoms with E-state index in [1.807, 2.05) is 0 Å². The molecular formula is C12H27N. The van der Waals surface area contributed by atoms with E-state index in [0.717, 1.165) is 17.8 Å². The molecule has 0 aliphatic carbocycles. The average molecular weight is 185 g/mol. The second-order valence-corrected chi connectivity index (χ2v) is 5.11. The van der Waals surface area contributed by atoms with Gasteiger partial charge < -0.3 is 4.90 Å². The second kappa shape index (κ2) is 6.42. The molecule has 0 saturated carbocycles. The fourth-order valence-electron chi connectivity index (χ4n) is 1.29. The monoisotopic (exact) mass is 185 g/mol. The molecule has 0 aromatic heterocycles. The van der Waals surface area contributed by atoms with Crippen LogP contribution < -0.4 is 4.90 Å². The number of rotatable bonds is 6. The Morgan fingerprint density at radius 2 is 1.62 bits per heavy atom. The maximum absolute atomic E-state index is 4.15. The molecule has 1 N–H and O–H groups in total. The molecule has 0 aromatic rings. The van der Waals surface area contributed by atoms with Crippen molar-refractivity contribution in [2.24, 2.45) is 17.8 Å². The van der Waals surface area contributed by atoms with Crippen LogP contribution in [0.5, 0.6) is 0 Å². The Morgan fingerprint density at radius 1 is 1.08 bits per heavy atom. The first-order valence-corrected chi connectivity index (χ1v) is 5.60. The van der Waals surface area contributed by atoms with Crippen LogP contribution in [0.15, 0.2) is 0 Å². The van der Waals surface area contributed by atoms with Gasteiger partial charge in [-0.2, -0.15) is 7.05 Å². The zero-order valence-electron chi connectivity index (χ0n) is 10.1. The van der Waals surface area contributed by atoms with E-state index in [4.69, 9.17) is 0 Å². The minimum Gasteiger partial charge on any atom is -0.468 e. The van der Waals surface area contributed by atoms with Crippen molar-refractivity contribution >= 4 is 0 Å². The van der Waals surface area contributed by atoms with Crippen molar-refractivity contribution < 1.29 is 4.90 Å². The van der Waals surface area contributed by atoms with Gasteiger partial charge in [0.2, 0.25) is 0 Å². The van der Waals surface area contributed by atoms with Crippen molar-refractivity contribution in [2.75, 3.05) is 13.1 Å². The third-order valence-corrected chi connectivity index (χ3v) is 2.82. The van der Waals surface area contributed by atoms with Crippen LogP contribution in [0.4, 0.5) is 0 Å². The quantitative estimate of drug-likeness (QED) is 0.604. The van der Waals surface area contributed by atoms with Crippen LogP contribution in [0.1, 0.15) is 41.0 Å². The molecule has 2 atom stereocenters. The van der Waals surface area contributed by atoms with Gasteiger partial charge >= 0.3 is 0 Å². The smallest absolute Gasteiger partial charge is 0.0558 e. The Morgan fingerprint density at radius 3 is 2.00 bits per heavy atom. The fourth-order valence-corrected chi connectivity index (χ4v) is 1.29. The zero-order chi connectivity index (χ0) is 10.4. The molecule has 0 bridgehead atoms. The van der Waals surface area contributed by atoms with Crippen LogP contribution in [-0.4, -0.2) is 13.1 Å². The van der Waals surface area contributed by atoms with Gasteiger partial charge in [-0.05, 0) is 18.3 Å². The first kappa shape index (κ1) is 13.0. The van der Waals surface area contributed by atoms with Crippen molar-refractivity contribution in [3.8, 4) is 0 Å². The second-order valence-electron chi connectivity index (χ2n) is 5.11. The van der Waals surface area contributed by atoms with Crippen LogP contribution in [0, 0.1) is 24.8 Å². The Balaban J connectivity index is 3.55. The Kier molecular flexibility index (Phi) is 6.40. The van der Waals surface area contributed by atoms with E-state index in [2.05, 4.69) is 41.7 Å². The largest absolute Gasteiger partial charge is 0.468 e. The van der Waals surface area contributed by atoms with Crippen molar-refractivity contribution in [2.45, 2.75) is 41.0 Å². The highest BCUT2D eigenvalue weighted by molar-refractivity contribution is 4.54. The molecule has 0 radical (unpaired) electrons. The van der Waals surface area contributed by atoms with Gasteiger partial charge in [-0.25, -0.2) is 0 Å². The lowest BCUT2D eigenvalue weighted by Gasteiger charge is -2.27. The van der Waals surface area contributed by atoms with Crippen molar-refractivity contribution in [1.82, 2.24) is 0 Å². The average Bonchev–Trinajstić information content (AvgIpc) is 2.00. The third kappa shape index (κ3) is 7.06. The van der Waals surface area contributed by atoms with Crippen molar-refractivity contribution in [1.29, 1.82) is 0 Å². The maximum Gasteiger partial charge on any atom is 0.0558 e. The van der Waals surface area contributed by atoms with Gasteiger partial charge in [0.25, 0.3) is 0 Å². The predicted molar refractivity (Wildman–Crippen MR) is 59.5 cm³/mol. The number of nitrogens with one attached hydrogen (secondary N) is 1. The molecule has 2 unspecified atom stereocenters. The summed E-state index contributed by atoms with van der Waals surface area (Å²) >= 11 is 0. The van der Waals surface area contributed by atoms with Crippen LogP contribution in [0.2, 0.25) is 0 Å². The summed E-state index contributed by atoms with van der Waals surface area (Å²) < 4.78 is 0. The van der Waals surface area contributed by atoms with E-state index >= 15 is 0 Å². The minimum absolute atomic E-state index is 0.788. The summed E-state index contributed by atoms with van der Waals surface area (Å²) in [5.74, 6) is 2.39. The molecule has 0 aromatic carbocycles. The first-order valence-electron chi connectivity index (χ1n) is 5.60. The van der Waals surface area contributed by atoms with Gasteiger partial charge in [-0.15, -0.1) is 0 Å². The highest BCUT2D eigenvalue weighted by Crippen LogP contribution is 2.06. The third-order valence-electron chi connectivity index (χ3n) is 2.82. The summed E-state index contributed by atoms with van der Waals surface area (Å²) in [5, 5.41) is 0. The van der Waals surface area contributed by atoms with Crippen LogP contribution in [0.3, 0.4) is 0 Å². The predicted octanol–water partition coefficient (Wildman–Crippen LogP) is 2.00. The number of quaternary nitrogens is 1. The molecule has 1 nitrogen and oxygen atoms in total. The molecule has 0 aliphatic rings. The van der Waals surface area contributed by atoms with Crippen molar-refractivity contribution in [3.63, 3.8) is 0 Å². The van der Waals surface area contributed by atoms with Crippen LogP contribution >= 0.6 is 0 Å². The summed E-state index contributed by atoms with van der Waals surface area (Å²) in [6, 6.07) is 0. The molecular weight excluding hydrogens is 158 g/mol. The maximum atomic E-state index is 4.15. The minimum atomic E-state index is 0.788. The van der Waals surface area contributed by atoms with E-state index in [1.165, 1.54) is 24.4 Å². The van der Waals surface area contributed by atoms with Gasteiger partial charge in [0.15, 0.2) is 0 Å². The van der Waals surface area contributed by atoms with Crippen LogP contribution in [0.25, 0.3) is 0 Å². The van der Waals surface area contributed by atoms with Gasteiger partial charge in [-0.3, -0.25) is 0 Å². The molecule has 13 heavy (non-hydrogen) atoms. The lowest BCUT2D eigenvalue weighted by molar-refractivity contribution is -0.858. The van der Waals surface area contributed by atoms with Gasteiger partial charge in [0, 0.05) is 5.92 Å². The van der Waals surface area contributed by atoms with E-state index in [9.17, 15) is 0 Å². The molecule has 0 spiro atoms. The van der Waals surface area contributed by atoms with E-state index in [0.29, 0.717) is 0 Å². The summed E-state index contributed by atoms with van der Waals surface area (Å²) in [4.78, 5) is 1.44. The Labute approximate surface area is 84.5 Å². The van der Waals surface area contributed by atoms with Crippen LogP contribution in [-0.2, 0) is 0 Å². The molecule has 0 amide bonds. The summed E-state index contributed by atoms with van der Waals surface area (Å²) in [7, 11) is 4.15. The van der Waals surface area contributed by atoms with E-state index in [1.54, 1.807) is 0 Å². The van der Waals surface area contributed by atoms with Crippen molar-refractivity contribution in [3.05, 3.63) is 7.05 Å². The summed E-state index contributed by atoms with van der Waals surface area (Å²) in [6.07, 6.45) is 1.30. The Hall–Kier alpha value is -0.0400. The fraction of sp³-hybridized carbons (Fsp3) is 0.917. The lowest BCUT2D eigenvalue weighted by Crippen LogP contribution is -3.07.